The molecule has 0 unspecified atom stereocenters. The molecule has 0 bridgehead atoms. The lowest BCUT2D eigenvalue weighted by Gasteiger charge is -2.32. The van der Waals surface area contributed by atoms with Crippen LogP contribution in [-0.2, 0) is 11.2 Å². The van der Waals surface area contributed by atoms with Crippen molar-refractivity contribution in [2.75, 3.05) is 20.2 Å². The summed E-state index contributed by atoms with van der Waals surface area (Å²) in [6.45, 7) is 1.60. The molecule has 0 aromatic heterocycles. The molecule has 0 spiro atoms. The Balaban J connectivity index is 1.49. The minimum absolute atomic E-state index is 0.223. The lowest BCUT2D eigenvalue weighted by molar-refractivity contribution is -0.132. The second-order valence-electron chi connectivity index (χ2n) is 6.72. The summed E-state index contributed by atoms with van der Waals surface area (Å²) in [4.78, 5) is 14.5. The Labute approximate surface area is 162 Å². The lowest BCUT2D eigenvalue weighted by atomic mass is 9.89. The van der Waals surface area contributed by atoms with E-state index in [1.54, 1.807) is 19.2 Å². The smallest absolute Gasteiger partial charge is 0.222 e. The monoisotopic (exact) mass is 417 g/mol. The SMILES string of the molecule is COc1ccc(CCC(=O)N2CCC(c3ccc(O)cc3)CC2)cc1Br. The van der Waals surface area contributed by atoms with Crippen LogP contribution in [0.15, 0.2) is 46.9 Å². The van der Waals surface area contributed by atoms with Gasteiger partial charge < -0.3 is 14.7 Å². The van der Waals surface area contributed by atoms with Gasteiger partial charge in [-0.3, -0.25) is 4.79 Å². The van der Waals surface area contributed by atoms with E-state index in [0.717, 1.165) is 48.1 Å². The highest BCUT2D eigenvalue weighted by molar-refractivity contribution is 9.10. The molecule has 138 valence electrons. The van der Waals surface area contributed by atoms with Gasteiger partial charge in [0.25, 0.3) is 0 Å². The van der Waals surface area contributed by atoms with Gasteiger partial charge in [-0.25, -0.2) is 0 Å². The van der Waals surface area contributed by atoms with Crippen LogP contribution in [0.3, 0.4) is 0 Å². The van der Waals surface area contributed by atoms with Crippen LogP contribution in [0, 0.1) is 0 Å². The Morgan fingerprint density at radius 1 is 1.19 bits per heavy atom. The fourth-order valence-electron chi connectivity index (χ4n) is 3.48. The standard InChI is InChI=1S/C21H24BrNO3/c1-26-20-8-2-15(14-19(20)22)3-9-21(25)23-12-10-17(11-13-23)16-4-6-18(24)7-5-16/h2,4-8,14,17,24H,3,9-13H2,1H3. The molecule has 1 aliphatic heterocycles. The predicted molar refractivity (Wildman–Crippen MR) is 106 cm³/mol. The number of rotatable bonds is 5. The number of aromatic hydroxyl groups is 1. The first-order chi connectivity index (χ1) is 12.6. The van der Waals surface area contributed by atoms with Gasteiger partial charge in [-0.05, 0) is 76.5 Å². The third kappa shape index (κ3) is 4.58. The maximum Gasteiger partial charge on any atom is 0.222 e. The van der Waals surface area contributed by atoms with Gasteiger partial charge in [0.1, 0.15) is 11.5 Å². The Kier molecular flexibility index (Phi) is 6.20. The molecule has 0 aliphatic carbocycles. The van der Waals surface area contributed by atoms with Crippen LogP contribution in [0.5, 0.6) is 11.5 Å². The van der Waals surface area contributed by atoms with Gasteiger partial charge in [0.2, 0.25) is 5.91 Å². The normalized spacial score (nSPS) is 15.1. The largest absolute Gasteiger partial charge is 0.508 e. The van der Waals surface area contributed by atoms with E-state index < -0.39 is 0 Å². The Morgan fingerprint density at radius 3 is 2.50 bits per heavy atom. The Hall–Kier alpha value is -2.01. The first-order valence-electron chi connectivity index (χ1n) is 8.96. The van der Waals surface area contributed by atoms with Crippen molar-refractivity contribution in [3.05, 3.63) is 58.1 Å². The minimum Gasteiger partial charge on any atom is -0.508 e. The van der Waals surface area contributed by atoms with Crippen LogP contribution >= 0.6 is 15.9 Å². The van der Waals surface area contributed by atoms with Gasteiger partial charge in [-0.1, -0.05) is 18.2 Å². The van der Waals surface area contributed by atoms with Crippen LogP contribution in [0.2, 0.25) is 0 Å². The number of phenols is 1. The van der Waals surface area contributed by atoms with Gasteiger partial charge in [-0.15, -0.1) is 0 Å². The second-order valence-corrected chi connectivity index (χ2v) is 7.57. The molecule has 1 heterocycles. The van der Waals surface area contributed by atoms with Gasteiger partial charge in [0.05, 0.1) is 11.6 Å². The number of methoxy groups -OCH3 is 1. The van der Waals surface area contributed by atoms with Crippen LogP contribution < -0.4 is 4.74 Å². The number of amides is 1. The van der Waals surface area contributed by atoms with Crippen LogP contribution in [0.4, 0.5) is 0 Å². The Bertz CT molecular complexity index is 752. The van der Waals surface area contributed by atoms with E-state index in [2.05, 4.69) is 15.9 Å². The minimum atomic E-state index is 0.223. The average Bonchev–Trinajstić information content (AvgIpc) is 2.67. The second kappa shape index (κ2) is 8.58. The summed E-state index contributed by atoms with van der Waals surface area (Å²) in [5.74, 6) is 1.79. The zero-order chi connectivity index (χ0) is 18.5. The molecule has 1 fully saturated rings. The van der Waals surface area contributed by atoms with Crippen molar-refractivity contribution in [2.45, 2.75) is 31.6 Å². The molecule has 2 aromatic carbocycles. The number of benzene rings is 2. The number of phenolic OH excluding ortho intramolecular Hbond substituents is 1. The van der Waals surface area contributed by atoms with E-state index in [4.69, 9.17) is 4.74 Å². The fraction of sp³-hybridized carbons (Fsp3) is 0.381. The number of likely N-dealkylation sites (tertiary alicyclic amines) is 1. The van der Waals surface area contributed by atoms with Crippen molar-refractivity contribution in [3.63, 3.8) is 0 Å². The fourth-order valence-corrected chi connectivity index (χ4v) is 4.07. The van der Waals surface area contributed by atoms with Crippen LogP contribution in [-0.4, -0.2) is 36.1 Å². The molecular formula is C21H24BrNO3. The molecule has 1 amide bonds. The van der Waals surface area contributed by atoms with Crippen molar-refractivity contribution in [2.24, 2.45) is 0 Å². The zero-order valence-corrected chi connectivity index (χ0v) is 16.5. The van der Waals surface area contributed by atoms with E-state index in [1.165, 1.54) is 5.56 Å². The molecule has 0 saturated carbocycles. The van der Waals surface area contributed by atoms with Gasteiger partial charge in [0, 0.05) is 19.5 Å². The summed E-state index contributed by atoms with van der Waals surface area (Å²) in [5, 5.41) is 9.41. The highest BCUT2D eigenvalue weighted by atomic mass is 79.9. The van der Waals surface area contributed by atoms with Gasteiger partial charge in [0.15, 0.2) is 0 Å². The average molecular weight is 418 g/mol. The summed E-state index contributed by atoms with van der Waals surface area (Å²) in [7, 11) is 1.64. The number of halogens is 1. The van der Waals surface area contributed by atoms with Crippen LogP contribution in [0.25, 0.3) is 0 Å². The third-order valence-corrected chi connectivity index (χ3v) is 5.68. The number of hydrogen-bond donors (Lipinski definition) is 1. The quantitative estimate of drug-likeness (QED) is 0.778. The summed E-state index contributed by atoms with van der Waals surface area (Å²) in [6.07, 6.45) is 3.22. The van der Waals surface area contributed by atoms with Gasteiger partial charge in [-0.2, -0.15) is 0 Å². The van der Waals surface area contributed by atoms with E-state index in [1.807, 2.05) is 35.2 Å². The van der Waals surface area contributed by atoms with E-state index in [9.17, 15) is 9.90 Å². The molecule has 0 radical (unpaired) electrons. The van der Waals surface area contributed by atoms with Crippen molar-refractivity contribution in [1.29, 1.82) is 0 Å². The van der Waals surface area contributed by atoms with Crippen molar-refractivity contribution in [3.8, 4) is 11.5 Å². The highest BCUT2D eigenvalue weighted by Crippen LogP contribution is 2.30. The first-order valence-corrected chi connectivity index (χ1v) is 9.75. The molecule has 3 rings (SSSR count). The number of nitrogens with zero attached hydrogens (tertiary/aromatic N) is 1. The number of piperidine rings is 1. The molecular weight excluding hydrogens is 394 g/mol. The zero-order valence-electron chi connectivity index (χ0n) is 15.0. The predicted octanol–water partition coefficient (Wildman–Crippen LogP) is 4.50. The molecule has 26 heavy (non-hydrogen) atoms. The molecule has 0 atom stereocenters. The highest BCUT2D eigenvalue weighted by Gasteiger charge is 2.23. The molecule has 1 N–H and O–H groups in total. The Morgan fingerprint density at radius 2 is 1.88 bits per heavy atom. The topological polar surface area (TPSA) is 49.8 Å². The molecule has 1 aliphatic rings. The van der Waals surface area contributed by atoms with Crippen molar-refractivity contribution >= 4 is 21.8 Å². The van der Waals surface area contributed by atoms with Crippen LogP contribution in [0.1, 0.15) is 36.3 Å². The third-order valence-electron chi connectivity index (χ3n) is 5.06. The molecule has 5 heteroatoms. The summed E-state index contributed by atoms with van der Waals surface area (Å²) < 4.78 is 6.15. The maximum absolute atomic E-state index is 12.5. The number of hydrogen-bond acceptors (Lipinski definition) is 3. The lowest BCUT2D eigenvalue weighted by Crippen LogP contribution is -2.38. The van der Waals surface area contributed by atoms with Crippen molar-refractivity contribution in [1.82, 2.24) is 4.90 Å². The summed E-state index contributed by atoms with van der Waals surface area (Å²) in [6, 6.07) is 13.4. The number of aryl methyl sites for hydroxylation is 1. The maximum atomic E-state index is 12.5. The number of carbonyl (C=O) groups excluding carboxylic acids is 1. The van der Waals surface area contributed by atoms with E-state index in [0.29, 0.717) is 18.1 Å². The van der Waals surface area contributed by atoms with E-state index >= 15 is 0 Å². The summed E-state index contributed by atoms with van der Waals surface area (Å²) >= 11 is 3.49. The first kappa shape index (κ1) is 18.8. The number of carbonyl (C=O) groups is 1. The summed E-state index contributed by atoms with van der Waals surface area (Å²) in [5.41, 5.74) is 2.38. The molecule has 1 saturated heterocycles. The molecule has 4 nitrogen and oxygen atoms in total. The van der Waals surface area contributed by atoms with Gasteiger partial charge >= 0.3 is 0 Å². The van der Waals surface area contributed by atoms with Crippen molar-refractivity contribution < 1.29 is 14.6 Å². The number of ether oxygens (including phenoxy) is 1. The van der Waals surface area contributed by atoms with E-state index in [-0.39, 0.29) is 5.91 Å². The molecule has 2 aromatic rings.